The van der Waals surface area contributed by atoms with Gasteiger partial charge in [-0.05, 0) is 70.9 Å². The summed E-state index contributed by atoms with van der Waals surface area (Å²) in [6.45, 7) is 0. The van der Waals surface area contributed by atoms with Crippen LogP contribution < -0.4 is 5.43 Å². The second-order valence-corrected chi connectivity index (χ2v) is 11.4. The van der Waals surface area contributed by atoms with E-state index < -0.39 is 0 Å². The monoisotopic (exact) mass is 591 g/mol. The van der Waals surface area contributed by atoms with E-state index in [-0.39, 0.29) is 0 Å². The fraction of sp³-hybridized carbons (Fsp3) is 0. The van der Waals surface area contributed by atoms with Crippen molar-refractivity contribution in [3.63, 3.8) is 0 Å². The standard InChI is InChI=1S/C40H25N5O/c41-38-34(45-44-28-8-2-1-3-9-28)21-19-25-16-14-24-15-17-26(22-31(24)37(25)38)39-40(43-33-12-6-5-11-32(33)42-39)27-18-20-30-29-10-4-7-13-35(29)46-36(30)23-27/h1-23,41,44H/b41-38?,45-34-. The van der Waals surface area contributed by atoms with E-state index in [0.29, 0.717) is 11.4 Å². The molecule has 0 radical (unpaired) electrons. The van der Waals surface area contributed by atoms with Gasteiger partial charge in [-0.3, -0.25) is 10.8 Å². The fourth-order valence-corrected chi connectivity index (χ4v) is 6.29. The van der Waals surface area contributed by atoms with Gasteiger partial charge in [0.15, 0.2) is 0 Å². The number of benzene rings is 6. The molecule has 1 aliphatic rings. The Balaban J connectivity index is 1.21. The van der Waals surface area contributed by atoms with Gasteiger partial charge in [0.05, 0.1) is 33.8 Å². The summed E-state index contributed by atoms with van der Waals surface area (Å²) in [4.78, 5) is 10.3. The quantitative estimate of drug-likeness (QED) is 0.199. The van der Waals surface area contributed by atoms with E-state index in [1.54, 1.807) is 0 Å². The van der Waals surface area contributed by atoms with Crippen LogP contribution in [0.25, 0.3) is 72.3 Å². The third kappa shape index (κ3) is 4.27. The first-order valence-electron chi connectivity index (χ1n) is 15.1. The minimum atomic E-state index is 0.365. The minimum absolute atomic E-state index is 0.365. The third-order valence-electron chi connectivity index (χ3n) is 8.56. The molecule has 9 rings (SSSR count). The van der Waals surface area contributed by atoms with Crippen molar-refractivity contribution in [2.45, 2.75) is 0 Å². The molecule has 46 heavy (non-hydrogen) atoms. The molecule has 0 aliphatic heterocycles. The average Bonchev–Trinajstić information content (AvgIpc) is 3.49. The van der Waals surface area contributed by atoms with Gasteiger partial charge in [0.25, 0.3) is 0 Å². The Morgan fingerprint density at radius 2 is 1.26 bits per heavy atom. The largest absolute Gasteiger partial charge is 0.456 e. The van der Waals surface area contributed by atoms with E-state index in [0.717, 1.165) is 83.1 Å². The maximum Gasteiger partial charge on any atom is 0.136 e. The normalized spacial score (nSPS) is 13.7. The van der Waals surface area contributed by atoms with E-state index >= 15 is 0 Å². The van der Waals surface area contributed by atoms with Gasteiger partial charge in [0.2, 0.25) is 0 Å². The van der Waals surface area contributed by atoms with E-state index in [1.165, 1.54) is 0 Å². The molecule has 2 heterocycles. The van der Waals surface area contributed by atoms with Gasteiger partial charge < -0.3 is 4.42 Å². The number of nitrogens with one attached hydrogen (secondary N) is 2. The topological polar surface area (TPSA) is 87.2 Å². The highest BCUT2D eigenvalue weighted by Gasteiger charge is 2.21. The number of para-hydroxylation sites is 4. The Morgan fingerprint density at radius 3 is 2.09 bits per heavy atom. The molecule has 0 spiro atoms. The van der Waals surface area contributed by atoms with Crippen LogP contribution >= 0.6 is 0 Å². The number of rotatable bonds is 4. The summed E-state index contributed by atoms with van der Waals surface area (Å²) in [5.74, 6) is 0. The van der Waals surface area contributed by atoms with Gasteiger partial charge in [-0.1, -0.05) is 84.9 Å². The lowest BCUT2D eigenvalue weighted by Gasteiger charge is -2.18. The number of allylic oxidation sites excluding steroid dienone is 1. The van der Waals surface area contributed by atoms with Crippen molar-refractivity contribution in [3.05, 3.63) is 145 Å². The summed E-state index contributed by atoms with van der Waals surface area (Å²) < 4.78 is 6.24. The molecule has 6 heteroatoms. The molecule has 2 aromatic heterocycles. The SMILES string of the molecule is N=C1/C(=N\Nc2ccccc2)C=Cc2ccc3ccc(-c4nc5ccccc5nc4-c4ccc5c(c4)oc4ccccc45)cc3c21. The van der Waals surface area contributed by atoms with Crippen LogP contribution in [0.5, 0.6) is 0 Å². The second kappa shape index (κ2) is 10.4. The predicted molar refractivity (Wildman–Crippen MR) is 189 cm³/mol. The van der Waals surface area contributed by atoms with E-state index in [4.69, 9.17) is 14.4 Å². The second-order valence-electron chi connectivity index (χ2n) is 11.4. The van der Waals surface area contributed by atoms with Gasteiger partial charge in [0, 0.05) is 27.5 Å². The number of hydrogen-bond acceptors (Lipinski definition) is 6. The molecular weight excluding hydrogens is 566 g/mol. The Kier molecular flexibility index (Phi) is 5.86. The van der Waals surface area contributed by atoms with Crippen LogP contribution in [0.2, 0.25) is 0 Å². The van der Waals surface area contributed by atoms with E-state index in [2.05, 4.69) is 65.1 Å². The zero-order chi connectivity index (χ0) is 30.6. The minimum Gasteiger partial charge on any atom is -0.456 e. The maximum atomic E-state index is 9.20. The molecule has 0 saturated heterocycles. The molecule has 1 aliphatic carbocycles. The molecule has 0 saturated carbocycles. The molecule has 0 atom stereocenters. The Morgan fingerprint density at radius 1 is 0.587 bits per heavy atom. The molecular formula is C40H25N5O. The van der Waals surface area contributed by atoms with Gasteiger partial charge >= 0.3 is 0 Å². The summed E-state index contributed by atoms with van der Waals surface area (Å²) >= 11 is 0. The molecule has 2 N–H and O–H groups in total. The smallest absolute Gasteiger partial charge is 0.136 e. The van der Waals surface area contributed by atoms with Crippen LogP contribution in [0.3, 0.4) is 0 Å². The summed E-state index contributed by atoms with van der Waals surface area (Å²) in [5, 5.41) is 17.9. The van der Waals surface area contributed by atoms with Crippen molar-refractivity contribution >= 4 is 66.9 Å². The first-order valence-corrected chi connectivity index (χ1v) is 15.1. The van der Waals surface area contributed by atoms with Gasteiger partial charge in [-0.2, -0.15) is 5.10 Å². The molecule has 8 aromatic rings. The lowest BCUT2D eigenvalue weighted by Crippen LogP contribution is -2.18. The third-order valence-corrected chi connectivity index (χ3v) is 8.56. The number of fused-ring (bicyclic) bond motifs is 7. The van der Waals surface area contributed by atoms with Crippen molar-refractivity contribution in [1.29, 1.82) is 5.41 Å². The number of nitrogens with zero attached hydrogens (tertiary/aromatic N) is 3. The predicted octanol–water partition coefficient (Wildman–Crippen LogP) is 9.88. The van der Waals surface area contributed by atoms with Crippen molar-refractivity contribution in [2.24, 2.45) is 5.10 Å². The van der Waals surface area contributed by atoms with Crippen LogP contribution in [0, 0.1) is 5.41 Å². The molecule has 0 fully saturated rings. The van der Waals surface area contributed by atoms with Crippen LogP contribution in [-0.4, -0.2) is 21.4 Å². The van der Waals surface area contributed by atoms with E-state index in [1.807, 2.05) is 84.9 Å². The molecule has 0 bridgehead atoms. The Bertz CT molecular complexity index is 2580. The van der Waals surface area contributed by atoms with Crippen molar-refractivity contribution in [2.75, 3.05) is 5.43 Å². The molecule has 0 amide bonds. The van der Waals surface area contributed by atoms with Crippen LogP contribution in [0.1, 0.15) is 11.1 Å². The lowest BCUT2D eigenvalue weighted by atomic mass is 9.88. The summed E-state index contributed by atoms with van der Waals surface area (Å²) in [6.07, 6.45) is 3.91. The van der Waals surface area contributed by atoms with Crippen molar-refractivity contribution < 1.29 is 4.42 Å². The van der Waals surface area contributed by atoms with E-state index in [9.17, 15) is 5.41 Å². The first kappa shape index (κ1) is 26.0. The number of furan rings is 1. The van der Waals surface area contributed by atoms with Gasteiger partial charge in [-0.15, -0.1) is 0 Å². The highest BCUT2D eigenvalue weighted by molar-refractivity contribution is 6.55. The van der Waals surface area contributed by atoms with Gasteiger partial charge in [-0.25, -0.2) is 9.97 Å². The zero-order valence-corrected chi connectivity index (χ0v) is 24.5. The molecule has 0 unspecified atom stereocenters. The van der Waals surface area contributed by atoms with Crippen molar-refractivity contribution in [1.82, 2.24) is 9.97 Å². The highest BCUT2D eigenvalue weighted by Crippen LogP contribution is 2.37. The Hall–Kier alpha value is -6.40. The molecule has 216 valence electrons. The average molecular weight is 592 g/mol. The van der Waals surface area contributed by atoms with Crippen molar-refractivity contribution in [3.8, 4) is 22.5 Å². The van der Waals surface area contributed by atoms with Crippen LogP contribution in [-0.2, 0) is 0 Å². The summed E-state index contributed by atoms with van der Waals surface area (Å²) in [7, 11) is 0. The number of anilines is 1. The molecule has 6 nitrogen and oxygen atoms in total. The Labute approximate surface area is 263 Å². The van der Waals surface area contributed by atoms with Crippen LogP contribution in [0.4, 0.5) is 5.69 Å². The lowest BCUT2D eigenvalue weighted by molar-refractivity contribution is 0.669. The highest BCUT2D eigenvalue weighted by atomic mass is 16.3. The first-order chi connectivity index (χ1) is 22.7. The summed E-state index contributed by atoms with van der Waals surface area (Å²) in [6, 6.07) is 42.5. The molecule has 6 aromatic carbocycles. The summed E-state index contributed by atoms with van der Waals surface area (Å²) in [5.41, 5.74) is 13.4. The maximum absolute atomic E-state index is 9.20. The van der Waals surface area contributed by atoms with Gasteiger partial charge in [0.1, 0.15) is 16.9 Å². The van der Waals surface area contributed by atoms with Crippen LogP contribution in [0.15, 0.2) is 143 Å². The number of aromatic nitrogens is 2. The fourth-order valence-electron chi connectivity index (χ4n) is 6.29. The number of hydrogen-bond donors (Lipinski definition) is 2. The zero-order valence-electron chi connectivity index (χ0n) is 24.5. The number of hydrazone groups is 1.